The van der Waals surface area contributed by atoms with Gasteiger partial charge in [-0.2, -0.15) is 0 Å². The Bertz CT molecular complexity index is 1310. The van der Waals surface area contributed by atoms with Crippen LogP contribution in [0.25, 0.3) is 10.8 Å². The van der Waals surface area contributed by atoms with Gasteiger partial charge in [0.15, 0.2) is 0 Å². The number of methoxy groups -OCH3 is 1. The summed E-state index contributed by atoms with van der Waals surface area (Å²) in [6.07, 6.45) is 0.615. The molecule has 0 radical (unpaired) electrons. The third-order valence-corrected chi connectivity index (χ3v) is 6.86. The van der Waals surface area contributed by atoms with E-state index in [1.165, 1.54) is 4.90 Å². The first-order valence-corrected chi connectivity index (χ1v) is 12.1. The number of rotatable bonds is 6. The van der Waals surface area contributed by atoms with Crippen molar-refractivity contribution in [3.63, 3.8) is 0 Å². The third kappa shape index (κ3) is 4.30. The van der Waals surface area contributed by atoms with Crippen molar-refractivity contribution in [3.8, 4) is 5.75 Å². The highest BCUT2D eigenvalue weighted by molar-refractivity contribution is 6.25. The lowest BCUT2D eigenvalue weighted by molar-refractivity contribution is -0.132. The topological polar surface area (TPSA) is 87.2 Å². The number of hydrogen-bond acceptors (Lipinski definition) is 5. The maximum Gasteiger partial charge on any atom is 0.261 e. The lowest BCUT2D eigenvalue weighted by Crippen LogP contribution is -2.50. The molecular formula is C28H27N3O5. The SMILES string of the molecule is COc1cccc(C(=O)N2CCN(C(=O)CCCN3C(=O)c4cccc5cccc(c45)C3=O)CC2)c1. The smallest absolute Gasteiger partial charge is 0.261 e. The molecule has 1 saturated heterocycles. The summed E-state index contributed by atoms with van der Waals surface area (Å²) in [4.78, 5) is 56.4. The predicted octanol–water partition coefficient (Wildman–Crippen LogP) is 3.21. The summed E-state index contributed by atoms with van der Waals surface area (Å²) in [5.74, 6) is -0.135. The molecule has 0 bridgehead atoms. The minimum atomic E-state index is -0.318. The summed E-state index contributed by atoms with van der Waals surface area (Å²) >= 11 is 0. The molecule has 36 heavy (non-hydrogen) atoms. The summed E-state index contributed by atoms with van der Waals surface area (Å²) in [7, 11) is 1.56. The van der Waals surface area contributed by atoms with Crippen molar-refractivity contribution in [2.75, 3.05) is 39.8 Å². The normalized spacial score (nSPS) is 15.4. The molecule has 0 spiro atoms. The summed E-state index contributed by atoms with van der Waals surface area (Å²) in [5, 5.41) is 1.56. The molecule has 8 nitrogen and oxygen atoms in total. The molecule has 0 saturated carbocycles. The highest BCUT2D eigenvalue weighted by atomic mass is 16.5. The number of hydrogen-bond donors (Lipinski definition) is 0. The van der Waals surface area contributed by atoms with Crippen molar-refractivity contribution in [3.05, 3.63) is 77.4 Å². The van der Waals surface area contributed by atoms with E-state index in [1.807, 2.05) is 24.3 Å². The van der Waals surface area contributed by atoms with E-state index in [4.69, 9.17) is 4.74 Å². The van der Waals surface area contributed by atoms with Gasteiger partial charge in [-0.25, -0.2) is 0 Å². The Balaban J connectivity index is 1.14. The molecule has 0 N–H and O–H groups in total. The van der Waals surface area contributed by atoms with Crippen molar-refractivity contribution in [1.29, 1.82) is 0 Å². The Kier molecular flexibility index (Phi) is 6.41. The molecule has 3 aromatic rings. The largest absolute Gasteiger partial charge is 0.497 e. The van der Waals surface area contributed by atoms with Gasteiger partial charge in [0.05, 0.1) is 7.11 Å². The van der Waals surface area contributed by atoms with Gasteiger partial charge >= 0.3 is 0 Å². The summed E-state index contributed by atoms with van der Waals surface area (Å²) in [5.41, 5.74) is 1.60. The average Bonchev–Trinajstić information content (AvgIpc) is 2.93. The summed E-state index contributed by atoms with van der Waals surface area (Å²) in [6.45, 7) is 1.98. The molecule has 2 aliphatic rings. The minimum Gasteiger partial charge on any atom is -0.497 e. The molecule has 0 aliphatic carbocycles. The first-order chi connectivity index (χ1) is 17.5. The second-order valence-electron chi connectivity index (χ2n) is 8.98. The van der Waals surface area contributed by atoms with Crippen LogP contribution in [0.4, 0.5) is 0 Å². The number of carbonyl (C=O) groups is 4. The molecule has 0 aromatic heterocycles. The number of imide groups is 1. The molecule has 2 aliphatic heterocycles. The third-order valence-electron chi connectivity index (χ3n) is 6.86. The molecule has 2 heterocycles. The van der Waals surface area contributed by atoms with Crippen molar-refractivity contribution in [1.82, 2.24) is 14.7 Å². The molecule has 184 valence electrons. The van der Waals surface area contributed by atoms with Crippen LogP contribution in [0.1, 0.15) is 43.9 Å². The van der Waals surface area contributed by atoms with Crippen LogP contribution in [0.2, 0.25) is 0 Å². The number of carbonyl (C=O) groups excluding carboxylic acids is 4. The van der Waals surface area contributed by atoms with Gasteiger partial charge in [-0.3, -0.25) is 24.1 Å². The van der Waals surface area contributed by atoms with E-state index < -0.39 is 0 Å². The lowest BCUT2D eigenvalue weighted by atomic mass is 9.94. The van der Waals surface area contributed by atoms with Gasteiger partial charge in [0.25, 0.3) is 17.7 Å². The lowest BCUT2D eigenvalue weighted by Gasteiger charge is -2.35. The maximum absolute atomic E-state index is 13.0. The number of nitrogens with zero attached hydrogens (tertiary/aromatic N) is 3. The zero-order chi connectivity index (χ0) is 25.2. The molecule has 5 rings (SSSR count). The minimum absolute atomic E-state index is 0.0390. The van der Waals surface area contributed by atoms with E-state index in [9.17, 15) is 19.2 Å². The number of ether oxygens (including phenoxy) is 1. The Labute approximate surface area is 209 Å². The Morgan fingerprint density at radius 2 is 1.44 bits per heavy atom. The molecular weight excluding hydrogens is 458 g/mol. The van der Waals surface area contributed by atoms with Gasteiger partial charge in [0.1, 0.15) is 5.75 Å². The van der Waals surface area contributed by atoms with Crippen molar-refractivity contribution >= 4 is 34.4 Å². The quantitative estimate of drug-likeness (QED) is 0.501. The number of piperazine rings is 1. The van der Waals surface area contributed by atoms with Crippen LogP contribution in [0.5, 0.6) is 5.75 Å². The Morgan fingerprint density at radius 1 is 0.833 bits per heavy atom. The van der Waals surface area contributed by atoms with Crippen LogP contribution < -0.4 is 4.74 Å². The second kappa shape index (κ2) is 9.81. The van der Waals surface area contributed by atoms with Gasteiger partial charge in [-0.15, -0.1) is 0 Å². The van der Waals surface area contributed by atoms with Crippen molar-refractivity contribution in [2.24, 2.45) is 0 Å². The van der Waals surface area contributed by atoms with Gasteiger partial charge in [-0.05, 0) is 42.1 Å². The molecule has 8 heteroatoms. The monoisotopic (exact) mass is 485 g/mol. The fourth-order valence-electron chi connectivity index (χ4n) is 4.93. The van der Waals surface area contributed by atoms with E-state index >= 15 is 0 Å². The maximum atomic E-state index is 13.0. The second-order valence-corrected chi connectivity index (χ2v) is 8.98. The van der Waals surface area contributed by atoms with Gasteiger partial charge in [-0.1, -0.05) is 30.3 Å². The Hall–Kier alpha value is -4.20. The predicted molar refractivity (Wildman–Crippen MR) is 134 cm³/mol. The van der Waals surface area contributed by atoms with Gasteiger partial charge < -0.3 is 14.5 Å². The van der Waals surface area contributed by atoms with Crippen LogP contribution in [0.15, 0.2) is 60.7 Å². The highest BCUT2D eigenvalue weighted by Crippen LogP contribution is 2.30. The van der Waals surface area contributed by atoms with Crippen LogP contribution in [-0.2, 0) is 4.79 Å². The molecule has 0 atom stereocenters. The van der Waals surface area contributed by atoms with Gasteiger partial charge in [0, 0.05) is 61.2 Å². The molecule has 0 unspecified atom stereocenters. The standard InChI is InChI=1S/C28H27N3O5/c1-36-21-9-2-8-20(18-21)26(33)30-16-14-29(15-17-30)24(32)12-5-13-31-27(34)22-10-3-6-19-7-4-11-23(25(19)22)28(31)35/h2-4,6-11,18H,5,12-17H2,1H3. The molecule has 1 fully saturated rings. The first kappa shape index (κ1) is 23.5. The van der Waals surface area contributed by atoms with E-state index in [0.29, 0.717) is 60.4 Å². The number of benzene rings is 3. The van der Waals surface area contributed by atoms with E-state index in [-0.39, 0.29) is 36.6 Å². The van der Waals surface area contributed by atoms with E-state index in [1.54, 1.807) is 53.3 Å². The zero-order valence-corrected chi connectivity index (χ0v) is 20.1. The first-order valence-electron chi connectivity index (χ1n) is 12.1. The summed E-state index contributed by atoms with van der Waals surface area (Å²) < 4.78 is 5.20. The highest BCUT2D eigenvalue weighted by Gasteiger charge is 2.32. The summed E-state index contributed by atoms with van der Waals surface area (Å²) in [6, 6.07) is 17.9. The fraction of sp³-hybridized carbons (Fsp3) is 0.286. The number of amides is 4. The van der Waals surface area contributed by atoms with Crippen molar-refractivity contribution < 1.29 is 23.9 Å². The van der Waals surface area contributed by atoms with Crippen LogP contribution >= 0.6 is 0 Å². The molecule has 4 amide bonds. The fourth-order valence-corrected chi connectivity index (χ4v) is 4.93. The molecule has 3 aromatic carbocycles. The van der Waals surface area contributed by atoms with Crippen molar-refractivity contribution in [2.45, 2.75) is 12.8 Å². The van der Waals surface area contributed by atoms with Crippen LogP contribution in [0.3, 0.4) is 0 Å². The average molecular weight is 486 g/mol. The Morgan fingerprint density at radius 3 is 2.08 bits per heavy atom. The van der Waals surface area contributed by atoms with Gasteiger partial charge in [0.2, 0.25) is 5.91 Å². The van der Waals surface area contributed by atoms with Crippen LogP contribution in [0, 0.1) is 0 Å². The van der Waals surface area contributed by atoms with E-state index in [0.717, 1.165) is 5.39 Å². The van der Waals surface area contributed by atoms with E-state index in [2.05, 4.69) is 0 Å². The zero-order valence-electron chi connectivity index (χ0n) is 20.1. The van der Waals surface area contributed by atoms with Crippen LogP contribution in [-0.4, -0.2) is 78.2 Å².